The van der Waals surface area contributed by atoms with Crippen LogP contribution in [0.25, 0.3) is 0 Å². The lowest BCUT2D eigenvalue weighted by molar-refractivity contribution is -0.384. The Morgan fingerprint density at radius 3 is 2.36 bits per heavy atom. The largest absolute Gasteiger partial charge is 0.452 e. The molecule has 10 heteroatoms. The van der Waals surface area contributed by atoms with Gasteiger partial charge in [0, 0.05) is 43.2 Å². The Hall–Kier alpha value is -3.95. The number of rotatable bonds is 7. The maximum atomic E-state index is 12.2. The molecule has 0 bridgehead atoms. The first-order chi connectivity index (χ1) is 13.3. The average molecular weight is 386 g/mol. The van der Waals surface area contributed by atoms with Gasteiger partial charge in [0.15, 0.2) is 6.61 Å². The topological polar surface area (TPSA) is 140 Å². The van der Waals surface area contributed by atoms with E-state index in [0.717, 1.165) is 6.07 Å². The van der Waals surface area contributed by atoms with Gasteiger partial charge >= 0.3 is 5.97 Å². The summed E-state index contributed by atoms with van der Waals surface area (Å²) in [6.07, 6.45) is 0. The first-order valence-corrected chi connectivity index (χ1v) is 8.11. The third kappa shape index (κ3) is 5.53. The molecular weight excluding hydrogens is 368 g/mol. The minimum atomic E-state index is -0.879. The van der Waals surface area contributed by atoms with Gasteiger partial charge in [0.1, 0.15) is 0 Å². The predicted octanol–water partition coefficient (Wildman–Crippen LogP) is 2.39. The molecule has 0 heterocycles. The van der Waals surface area contributed by atoms with E-state index in [1.165, 1.54) is 19.1 Å². The number of carbonyl (C=O) groups excluding carboxylic acids is 3. The Labute approximate surface area is 160 Å². The van der Waals surface area contributed by atoms with Crippen molar-refractivity contribution in [1.29, 1.82) is 0 Å². The van der Waals surface area contributed by atoms with E-state index in [0.29, 0.717) is 17.1 Å². The number of carbonyl (C=O) groups is 3. The lowest BCUT2D eigenvalue weighted by Crippen LogP contribution is -2.21. The monoisotopic (exact) mass is 386 g/mol. The standard InChI is InChI=1S/C18H18N4O6/c1-11(23)20-12-4-3-5-13(8-12)21-17(24)10-28-18(25)15-9-14(22(26)27)6-7-16(15)19-2/h3-9,19H,10H2,1-2H3,(H,20,23)(H,21,24). The van der Waals surface area contributed by atoms with Crippen LogP contribution >= 0.6 is 0 Å². The van der Waals surface area contributed by atoms with Gasteiger partial charge in [-0.3, -0.25) is 19.7 Å². The van der Waals surface area contributed by atoms with Crippen molar-refractivity contribution in [3.05, 3.63) is 58.1 Å². The summed E-state index contributed by atoms with van der Waals surface area (Å²) in [5.74, 6) is -1.74. The van der Waals surface area contributed by atoms with E-state index in [1.807, 2.05) is 0 Å². The summed E-state index contributed by atoms with van der Waals surface area (Å²) in [7, 11) is 1.55. The summed E-state index contributed by atoms with van der Waals surface area (Å²) >= 11 is 0. The highest BCUT2D eigenvalue weighted by atomic mass is 16.6. The van der Waals surface area contributed by atoms with Gasteiger partial charge in [-0.25, -0.2) is 4.79 Å². The van der Waals surface area contributed by atoms with E-state index in [1.54, 1.807) is 31.3 Å². The first-order valence-electron chi connectivity index (χ1n) is 8.11. The van der Waals surface area contributed by atoms with Crippen molar-refractivity contribution in [3.8, 4) is 0 Å². The number of anilines is 3. The SMILES string of the molecule is CNc1ccc([N+](=O)[O-])cc1C(=O)OCC(=O)Nc1cccc(NC(C)=O)c1. The molecule has 0 aromatic heterocycles. The fraction of sp³-hybridized carbons (Fsp3) is 0.167. The van der Waals surface area contributed by atoms with Gasteiger partial charge in [-0.05, 0) is 24.3 Å². The molecule has 0 spiro atoms. The molecule has 3 N–H and O–H groups in total. The quantitative estimate of drug-likeness (QED) is 0.377. The van der Waals surface area contributed by atoms with Gasteiger partial charge in [-0.1, -0.05) is 6.07 Å². The number of amides is 2. The summed E-state index contributed by atoms with van der Waals surface area (Å²) in [6.45, 7) is 0.771. The summed E-state index contributed by atoms with van der Waals surface area (Å²) in [5, 5.41) is 18.7. The molecular formula is C18H18N4O6. The third-order valence-corrected chi connectivity index (χ3v) is 3.50. The number of nitrogens with one attached hydrogen (secondary N) is 3. The van der Waals surface area contributed by atoms with Crippen LogP contribution in [0.1, 0.15) is 17.3 Å². The lowest BCUT2D eigenvalue weighted by Gasteiger charge is -2.10. The second kappa shape index (κ2) is 9.12. The van der Waals surface area contributed by atoms with E-state index in [9.17, 15) is 24.5 Å². The minimum Gasteiger partial charge on any atom is -0.452 e. The second-order valence-corrected chi connectivity index (χ2v) is 5.62. The lowest BCUT2D eigenvalue weighted by atomic mass is 10.1. The number of hydrogen-bond donors (Lipinski definition) is 3. The van der Waals surface area contributed by atoms with E-state index >= 15 is 0 Å². The third-order valence-electron chi connectivity index (χ3n) is 3.50. The molecule has 0 saturated carbocycles. The molecule has 2 rings (SSSR count). The van der Waals surface area contributed by atoms with Crippen LogP contribution in [-0.2, 0) is 14.3 Å². The summed E-state index contributed by atoms with van der Waals surface area (Å²) < 4.78 is 4.95. The molecule has 146 valence electrons. The molecule has 0 aliphatic rings. The summed E-state index contributed by atoms with van der Waals surface area (Å²) in [5.41, 5.74) is 0.900. The Bertz CT molecular complexity index is 928. The fourth-order valence-electron chi connectivity index (χ4n) is 2.32. The van der Waals surface area contributed by atoms with E-state index in [-0.39, 0.29) is 17.2 Å². The summed E-state index contributed by atoms with van der Waals surface area (Å²) in [6, 6.07) is 10.1. The van der Waals surface area contributed by atoms with Crippen LogP contribution in [0.15, 0.2) is 42.5 Å². The summed E-state index contributed by atoms with van der Waals surface area (Å²) in [4.78, 5) is 45.6. The molecule has 2 aromatic rings. The number of nitro benzene ring substituents is 1. The maximum Gasteiger partial charge on any atom is 0.341 e. The number of nitrogens with zero attached hydrogens (tertiary/aromatic N) is 1. The van der Waals surface area contributed by atoms with Crippen molar-refractivity contribution in [2.24, 2.45) is 0 Å². The molecule has 10 nitrogen and oxygen atoms in total. The van der Waals surface area contributed by atoms with Crippen molar-refractivity contribution >= 4 is 40.5 Å². The van der Waals surface area contributed by atoms with Gasteiger partial charge in [0.2, 0.25) is 5.91 Å². The number of hydrogen-bond acceptors (Lipinski definition) is 7. The first kappa shape index (κ1) is 20.4. The van der Waals surface area contributed by atoms with Gasteiger partial charge in [0.05, 0.1) is 10.5 Å². The van der Waals surface area contributed by atoms with Crippen LogP contribution < -0.4 is 16.0 Å². The van der Waals surface area contributed by atoms with Crippen LogP contribution in [0.3, 0.4) is 0 Å². The van der Waals surface area contributed by atoms with E-state index < -0.39 is 23.4 Å². The van der Waals surface area contributed by atoms with Crippen molar-refractivity contribution in [2.75, 3.05) is 29.6 Å². The highest BCUT2D eigenvalue weighted by molar-refractivity contribution is 5.99. The van der Waals surface area contributed by atoms with Crippen molar-refractivity contribution < 1.29 is 24.0 Å². The van der Waals surface area contributed by atoms with Crippen LogP contribution in [0, 0.1) is 10.1 Å². The van der Waals surface area contributed by atoms with Crippen molar-refractivity contribution in [3.63, 3.8) is 0 Å². The second-order valence-electron chi connectivity index (χ2n) is 5.62. The highest BCUT2D eigenvalue weighted by Gasteiger charge is 2.18. The Morgan fingerprint density at radius 1 is 1.07 bits per heavy atom. The number of ether oxygens (including phenoxy) is 1. The molecule has 0 aliphatic carbocycles. The Balaban J connectivity index is 2.01. The van der Waals surface area contributed by atoms with Crippen LogP contribution in [0.5, 0.6) is 0 Å². The Morgan fingerprint density at radius 2 is 1.75 bits per heavy atom. The minimum absolute atomic E-state index is 0.0582. The molecule has 0 radical (unpaired) electrons. The highest BCUT2D eigenvalue weighted by Crippen LogP contribution is 2.22. The van der Waals surface area contributed by atoms with E-state index in [4.69, 9.17) is 4.74 Å². The normalized spacial score (nSPS) is 9.93. The Kier molecular flexibility index (Phi) is 6.63. The molecule has 28 heavy (non-hydrogen) atoms. The van der Waals surface area contributed by atoms with Crippen molar-refractivity contribution in [2.45, 2.75) is 6.92 Å². The number of benzene rings is 2. The maximum absolute atomic E-state index is 12.2. The predicted molar refractivity (Wildman–Crippen MR) is 102 cm³/mol. The van der Waals surface area contributed by atoms with Gasteiger partial charge in [-0.15, -0.1) is 0 Å². The molecule has 2 aromatic carbocycles. The smallest absolute Gasteiger partial charge is 0.341 e. The number of nitro groups is 1. The molecule has 0 saturated heterocycles. The molecule has 0 aliphatic heterocycles. The molecule has 0 unspecified atom stereocenters. The molecule has 2 amide bonds. The van der Waals surface area contributed by atoms with Gasteiger partial charge < -0.3 is 20.7 Å². The molecule has 0 fully saturated rings. The number of non-ortho nitro benzene ring substituents is 1. The van der Waals surface area contributed by atoms with Gasteiger partial charge in [0.25, 0.3) is 11.6 Å². The van der Waals surface area contributed by atoms with E-state index in [2.05, 4.69) is 16.0 Å². The van der Waals surface area contributed by atoms with Crippen LogP contribution in [-0.4, -0.2) is 36.4 Å². The van der Waals surface area contributed by atoms with Crippen LogP contribution in [0.4, 0.5) is 22.7 Å². The zero-order valence-electron chi connectivity index (χ0n) is 15.1. The zero-order chi connectivity index (χ0) is 20.7. The number of esters is 1. The van der Waals surface area contributed by atoms with Crippen molar-refractivity contribution in [1.82, 2.24) is 0 Å². The van der Waals surface area contributed by atoms with Gasteiger partial charge in [-0.2, -0.15) is 0 Å². The fourth-order valence-corrected chi connectivity index (χ4v) is 2.32. The van der Waals surface area contributed by atoms with Crippen LogP contribution in [0.2, 0.25) is 0 Å². The average Bonchev–Trinajstić information content (AvgIpc) is 2.65. The molecule has 0 atom stereocenters. The zero-order valence-corrected chi connectivity index (χ0v) is 15.1.